The summed E-state index contributed by atoms with van der Waals surface area (Å²) in [5.41, 5.74) is 0. The molecule has 1 aromatic rings. The smallest absolute Gasteiger partial charge is 0.214 e. The van der Waals surface area contributed by atoms with E-state index in [1.54, 1.807) is 15.6 Å². The number of hydrogen-bond donors (Lipinski definition) is 1. The first kappa shape index (κ1) is 13.0. The second-order valence-electron chi connectivity index (χ2n) is 4.36. The quantitative estimate of drug-likeness (QED) is 0.888. The van der Waals surface area contributed by atoms with Crippen LogP contribution in [0.25, 0.3) is 0 Å². The Hall–Kier alpha value is -0.430. The summed E-state index contributed by atoms with van der Waals surface area (Å²) in [6.45, 7) is 3.95. The van der Waals surface area contributed by atoms with E-state index in [1.807, 2.05) is 24.4 Å². The maximum absolute atomic E-state index is 12.1. The van der Waals surface area contributed by atoms with Crippen LogP contribution < -0.4 is 5.32 Å². The van der Waals surface area contributed by atoms with Crippen molar-refractivity contribution < 1.29 is 8.42 Å². The van der Waals surface area contributed by atoms with E-state index in [9.17, 15) is 8.42 Å². The Morgan fingerprint density at radius 3 is 3.06 bits per heavy atom. The van der Waals surface area contributed by atoms with Gasteiger partial charge in [0.05, 0.1) is 5.75 Å². The largest absolute Gasteiger partial charge is 0.312 e. The number of hydrogen-bond acceptors (Lipinski definition) is 4. The highest BCUT2D eigenvalue weighted by Gasteiger charge is 2.26. The molecule has 96 valence electrons. The monoisotopic (exact) mass is 274 g/mol. The summed E-state index contributed by atoms with van der Waals surface area (Å²) >= 11 is 1.62. The molecule has 1 unspecified atom stereocenters. The van der Waals surface area contributed by atoms with Gasteiger partial charge >= 0.3 is 0 Å². The predicted molar refractivity (Wildman–Crippen MR) is 70.8 cm³/mol. The lowest BCUT2D eigenvalue weighted by Gasteiger charge is -2.30. The van der Waals surface area contributed by atoms with E-state index in [1.165, 1.54) is 0 Å². The van der Waals surface area contributed by atoms with Gasteiger partial charge in [0.1, 0.15) is 0 Å². The van der Waals surface area contributed by atoms with Gasteiger partial charge in [-0.1, -0.05) is 6.07 Å². The van der Waals surface area contributed by atoms with Gasteiger partial charge < -0.3 is 5.32 Å². The van der Waals surface area contributed by atoms with E-state index < -0.39 is 10.0 Å². The van der Waals surface area contributed by atoms with Crippen LogP contribution >= 0.6 is 11.3 Å². The molecule has 6 heteroatoms. The maximum atomic E-state index is 12.1. The highest BCUT2D eigenvalue weighted by Crippen LogP contribution is 2.13. The molecule has 1 aromatic heterocycles. The first-order valence-corrected chi connectivity index (χ1v) is 8.30. The number of nitrogens with one attached hydrogen (secondary N) is 1. The van der Waals surface area contributed by atoms with Crippen molar-refractivity contribution in [3.05, 3.63) is 22.4 Å². The summed E-state index contributed by atoms with van der Waals surface area (Å²) in [5.74, 6) is 0.222. The number of sulfonamides is 1. The highest BCUT2D eigenvalue weighted by atomic mass is 32.2. The van der Waals surface area contributed by atoms with E-state index in [4.69, 9.17) is 0 Å². The summed E-state index contributed by atoms with van der Waals surface area (Å²) in [4.78, 5) is 1.14. The van der Waals surface area contributed by atoms with Crippen molar-refractivity contribution in [3.8, 4) is 0 Å². The summed E-state index contributed by atoms with van der Waals surface area (Å²) in [5, 5.41) is 5.23. The molecule has 1 atom stereocenters. The molecule has 2 rings (SSSR count). The van der Waals surface area contributed by atoms with Crippen LogP contribution in [0.2, 0.25) is 0 Å². The van der Waals surface area contributed by atoms with Gasteiger partial charge in [-0.05, 0) is 24.8 Å². The lowest BCUT2D eigenvalue weighted by atomic mass is 10.3. The van der Waals surface area contributed by atoms with Crippen molar-refractivity contribution in [2.24, 2.45) is 0 Å². The standard InChI is InChI=1S/C11H18N2O2S2/c1-10-9-13(6-5-12-10)17(14,15)8-4-11-3-2-7-16-11/h2-3,7,10,12H,4-6,8-9H2,1H3. The average molecular weight is 274 g/mol. The SMILES string of the molecule is CC1CN(S(=O)(=O)CCc2cccs2)CCN1. The third-order valence-electron chi connectivity index (χ3n) is 2.91. The first-order chi connectivity index (χ1) is 8.08. The summed E-state index contributed by atoms with van der Waals surface area (Å²) < 4.78 is 25.9. The molecule has 17 heavy (non-hydrogen) atoms. The molecule has 0 spiro atoms. The van der Waals surface area contributed by atoms with Gasteiger partial charge in [-0.3, -0.25) is 0 Å². The zero-order valence-corrected chi connectivity index (χ0v) is 11.6. The Morgan fingerprint density at radius 1 is 1.59 bits per heavy atom. The molecule has 0 saturated carbocycles. The van der Waals surface area contributed by atoms with Crippen LogP contribution in [0.1, 0.15) is 11.8 Å². The second-order valence-corrected chi connectivity index (χ2v) is 7.48. The molecule has 1 aliphatic heterocycles. The van der Waals surface area contributed by atoms with E-state index in [0.29, 0.717) is 19.5 Å². The zero-order chi connectivity index (χ0) is 12.3. The Balaban J connectivity index is 1.94. The fourth-order valence-electron chi connectivity index (χ4n) is 1.96. The van der Waals surface area contributed by atoms with E-state index in [2.05, 4.69) is 5.32 Å². The Morgan fingerprint density at radius 2 is 2.41 bits per heavy atom. The maximum Gasteiger partial charge on any atom is 0.214 e. The lowest BCUT2D eigenvalue weighted by Crippen LogP contribution is -2.51. The summed E-state index contributed by atoms with van der Waals surface area (Å²) in [6.07, 6.45) is 0.623. The molecule has 1 aliphatic rings. The number of piperazine rings is 1. The number of aryl methyl sites for hydroxylation is 1. The average Bonchev–Trinajstić information content (AvgIpc) is 2.79. The molecule has 0 amide bonds. The van der Waals surface area contributed by atoms with Crippen molar-refractivity contribution in [3.63, 3.8) is 0 Å². The fraction of sp³-hybridized carbons (Fsp3) is 0.636. The molecule has 0 aromatic carbocycles. The molecule has 4 nitrogen and oxygen atoms in total. The second kappa shape index (κ2) is 5.48. The van der Waals surface area contributed by atoms with Crippen LogP contribution in [-0.4, -0.2) is 44.2 Å². The normalized spacial score (nSPS) is 22.8. The summed E-state index contributed by atoms with van der Waals surface area (Å²) in [6, 6.07) is 4.19. The molecule has 1 fully saturated rings. The Bertz CT molecular complexity index is 442. The minimum absolute atomic E-state index is 0.222. The molecule has 0 aliphatic carbocycles. The minimum Gasteiger partial charge on any atom is -0.312 e. The van der Waals surface area contributed by atoms with Crippen molar-refractivity contribution in [2.75, 3.05) is 25.4 Å². The minimum atomic E-state index is -3.09. The van der Waals surface area contributed by atoms with Crippen LogP contribution in [0, 0.1) is 0 Å². The van der Waals surface area contributed by atoms with E-state index >= 15 is 0 Å². The van der Waals surface area contributed by atoms with Gasteiger partial charge in [-0.2, -0.15) is 4.31 Å². The first-order valence-electron chi connectivity index (χ1n) is 5.81. The van der Waals surface area contributed by atoms with Crippen LogP contribution in [-0.2, 0) is 16.4 Å². The van der Waals surface area contributed by atoms with Crippen molar-refractivity contribution >= 4 is 21.4 Å². The van der Waals surface area contributed by atoms with Crippen LogP contribution in [0.15, 0.2) is 17.5 Å². The van der Waals surface area contributed by atoms with Crippen LogP contribution in [0.4, 0.5) is 0 Å². The van der Waals surface area contributed by atoms with Crippen molar-refractivity contribution in [1.29, 1.82) is 0 Å². The number of thiophene rings is 1. The molecule has 1 N–H and O–H groups in total. The third kappa shape index (κ3) is 3.51. The van der Waals surface area contributed by atoms with E-state index in [0.717, 1.165) is 11.4 Å². The molecular weight excluding hydrogens is 256 g/mol. The van der Waals surface area contributed by atoms with Gasteiger partial charge in [0.2, 0.25) is 10.0 Å². The van der Waals surface area contributed by atoms with Crippen molar-refractivity contribution in [1.82, 2.24) is 9.62 Å². The molecule has 0 radical (unpaired) electrons. The van der Waals surface area contributed by atoms with Gasteiger partial charge in [-0.15, -0.1) is 11.3 Å². The molecule has 1 saturated heterocycles. The number of rotatable bonds is 4. The lowest BCUT2D eigenvalue weighted by molar-refractivity contribution is 0.310. The van der Waals surface area contributed by atoms with Crippen LogP contribution in [0.3, 0.4) is 0 Å². The van der Waals surface area contributed by atoms with E-state index in [-0.39, 0.29) is 11.8 Å². The van der Waals surface area contributed by atoms with Gasteiger partial charge in [0, 0.05) is 30.6 Å². The Kier molecular flexibility index (Phi) is 4.19. The predicted octanol–water partition coefficient (Wildman–Crippen LogP) is 0.914. The van der Waals surface area contributed by atoms with Gasteiger partial charge in [0.15, 0.2) is 0 Å². The molecular formula is C11H18N2O2S2. The fourth-order valence-corrected chi connectivity index (χ4v) is 4.36. The zero-order valence-electron chi connectivity index (χ0n) is 9.93. The molecule has 2 heterocycles. The summed E-state index contributed by atoms with van der Waals surface area (Å²) in [7, 11) is -3.09. The highest BCUT2D eigenvalue weighted by molar-refractivity contribution is 7.89. The number of nitrogens with zero attached hydrogens (tertiary/aromatic N) is 1. The van der Waals surface area contributed by atoms with Crippen LogP contribution in [0.5, 0.6) is 0 Å². The van der Waals surface area contributed by atoms with Crippen molar-refractivity contribution in [2.45, 2.75) is 19.4 Å². The third-order valence-corrected chi connectivity index (χ3v) is 5.69. The topological polar surface area (TPSA) is 49.4 Å². The van der Waals surface area contributed by atoms with Gasteiger partial charge in [-0.25, -0.2) is 8.42 Å². The Labute approximate surface area is 107 Å². The molecule has 0 bridgehead atoms. The van der Waals surface area contributed by atoms with Gasteiger partial charge in [0.25, 0.3) is 0 Å².